The number of hydrogen-bond acceptors (Lipinski definition) is 23. The van der Waals surface area contributed by atoms with E-state index in [9.17, 15) is 76.9 Å². The highest BCUT2D eigenvalue weighted by Gasteiger charge is 2.48. The fourth-order valence-corrected chi connectivity index (χ4v) is 11.5. The third-order valence-electron chi connectivity index (χ3n) is 12.7. The molecule has 15 atom stereocenters. The Balaban J connectivity index is 1.05. The van der Waals surface area contributed by atoms with Gasteiger partial charge in [-0.05, 0) is 27.7 Å². The summed E-state index contributed by atoms with van der Waals surface area (Å²) in [6.45, 7) is 1.93. The Morgan fingerprint density at radius 1 is 0.654 bits per heavy atom. The molecule has 9 N–H and O–H groups in total. The van der Waals surface area contributed by atoms with Gasteiger partial charge in [-0.15, -0.1) is 0 Å². The van der Waals surface area contributed by atoms with Crippen LogP contribution >= 0.6 is 23.5 Å². The number of nitrogens with zero attached hydrogens (tertiary/aromatic N) is 4. The van der Waals surface area contributed by atoms with E-state index in [2.05, 4.69) is 20.3 Å². The summed E-state index contributed by atoms with van der Waals surface area (Å²) in [4.78, 5) is 139. The normalized spacial score (nSPS) is 29.7. The number of rotatable bonds is 23. The number of likely N-dealkylation sites (N-methyl/N-ethyl adjacent to an activating group) is 1. The Morgan fingerprint density at radius 2 is 1.03 bits per heavy atom. The molecule has 4 fully saturated rings. The molecule has 0 aliphatic carbocycles. The van der Waals surface area contributed by atoms with E-state index < -0.39 is 176 Å². The number of hydrogen-bond donors (Lipinski definition) is 9. The zero-order valence-corrected chi connectivity index (χ0v) is 44.6. The van der Waals surface area contributed by atoms with Crippen molar-refractivity contribution >= 4 is 35.8 Å². The Morgan fingerprint density at radius 3 is 1.45 bits per heavy atom. The Kier molecular flexibility index (Phi) is 19.1. The highest BCUT2D eigenvalue weighted by molar-refractivity contribution is 7.48. The van der Waals surface area contributed by atoms with E-state index in [0.29, 0.717) is 0 Å². The van der Waals surface area contributed by atoms with Crippen LogP contribution in [0.25, 0.3) is 0 Å². The maximum absolute atomic E-state index is 13.8. The van der Waals surface area contributed by atoms with Crippen molar-refractivity contribution in [3.05, 3.63) is 110 Å². The van der Waals surface area contributed by atoms with Crippen LogP contribution in [-0.2, 0) is 69.4 Å². The van der Waals surface area contributed by atoms with Gasteiger partial charge >= 0.3 is 40.5 Å². The zero-order chi connectivity index (χ0) is 57.2. The van der Waals surface area contributed by atoms with Crippen molar-refractivity contribution in [2.45, 2.75) is 127 Å². The van der Waals surface area contributed by atoms with Crippen molar-refractivity contribution in [2.24, 2.45) is 0 Å². The van der Waals surface area contributed by atoms with Crippen LogP contribution in [0.2, 0.25) is 0 Å². The van der Waals surface area contributed by atoms with Crippen molar-refractivity contribution in [1.82, 2.24) is 38.9 Å². The Bertz CT molecular complexity index is 3270. The lowest BCUT2D eigenvalue weighted by Crippen LogP contribution is -2.33. The predicted octanol–water partition coefficient (Wildman–Crippen LogP) is -2.49. The number of aromatic nitrogens is 6. The number of ether oxygens (including phenoxy) is 4. The SMILES string of the molecule is CNC(=O)/C(C)=C\N(C=O)[C@H]1C[C@@H](OP(=O)(O)OCC2O[C@@H](n3cc(C)c(=O)[nH]c3=O)C[C@H]2OP(=O)(O)OCC2O[C@@H](n3cc(C)c(=O)[nH]c3=O)C[C@H]2O)C(COP(=O)(O)O[C@@H]2C[C@H](n3cc(C)c(=O)[nH]c3=O)OC2CO)O1. The minimum atomic E-state index is -5.44. The molecule has 34 nitrogen and oxygen atoms in total. The van der Waals surface area contributed by atoms with Crippen LogP contribution in [0.4, 0.5) is 0 Å². The van der Waals surface area contributed by atoms with E-state index in [0.717, 1.165) is 31.0 Å². The topological polar surface area (TPSA) is 459 Å². The third-order valence-corrected chi connectivity index (χ3v) is 15.7. The number of aromatic amines is 3. The summed E-state index contributed by atoms with van der Waals surface area (Å²) < 4.78 is 98.8. The largest absolute Gasteiger partial charge is 0.472 e. The van der Waals surface area contributed by atoms with Crippen LogP contribution < -0.4 is 39.1 Å². The second-order valence-electron chi connectivity index (χ2n) is 18.3. The van der Waals surface area contributed by atoms with Gasteiger partial charge in [-0.2, -0.15) is 0 Å². The van der Waals surface area contributed by atoms with E-state index in [1.54, 1.807) is 0 Å². The van der Waals surface area contributed by atoms with Gasteiger partial charge in [0.1, 0.15) is 67.6 Å². The number of aryl methyl sites for hydroxylation is 3. The molecule has 78 heavy (non-hydrogen) atoms. The molecule has 0 aromatic carbocycles. The number of phosphoric ester groups is 3. The molecule has 0 radical (unpaired) electrons. The lowest BCUT2D eigenvalue weighted by atomic mass is 10.2. The number of H-pyrrole nitrogens is 3. The van der Waals surface area contributed by atoms with Gasteiger partial charge in [0.15, 0.2) is 0 Å². The summed E-state index contributed by atoms with van der Waals surface area (Å²) in [7, 11) is -14.6. The van der Waals surface area contributed by atoms with Gasteiger partial charge in [0.05, 0.1) is 32.5 Å². The van der Waals surface area contributed by atoms with Gasteiger partial charge in [0.2, 0.25) is 12.3 Å². The highest BCUT2D eigenvalue weighted by atomic mass is 31.2. The highest BCUT2D eigenvalue weighted by Crippen LogP contribution is 2.53. The molecular weight excluding hydrogens is 1110 g/mol. The lowest BCUT2D eigenvalue weighted by Gasteiger charge is -2.25. The second-order valence-corrected chi connectivity index (χ2v) is 22.5. The van der Waals surface area contributed by atoms with Crippen LogP contribution in [-0.4, -0.2) is 159 Å². The Labute approximate surface area is 438 Å². The average Bonchev–Trinajstić information content (AvgIpc) is 4.18. The first-order valence-corrected chi connectivity index (χ1v) is 28.1. The van der Waals surface area contributed by atoms with E-state index in [4.69, 9.17) is 46.1 Å². The van der Waals surface area contributed by atoms with Crippen LogP contribution in [0, 0.1) is 20.8 Å². The maximum Gasteiger partial charge on any atom is 0.472 e. The van der Waals surface area contributed by atoms with Gasteiger partial charge in [-0.1, -0.05) is 0 Å². The molecule has 7 rings (SSSR count). The molecule has 3 aromatic heterocycles. The summed E-state index contributed by atoms with van der Waals surface area (Å²) >= 11 is 0. The van der Waals surface area contributed by atoms with E-state index >= 15 is 0 Å². The summed E-state index contributed by atoms with van der Waals surface area (Å²) in [5.74, 6) is -0.615. The first kappa shape index (κ1) is 60.5. The molecule has 7 heterocycles. The number of phosphoric acid groups is 3. The monoisotopic (exact) mass is 1170 g/mol. The molecular formula is C41H57N8O26P3. The van der Waals surface area contributed by atoms with Crippen molar-refractivity contribution in [1.29, 1.82) is 0 Å². The minimum absolute atomic E-state index is 0.0119. The predicted molar refractivity (Wildman–Crippen MR) is 258 cm³/mol. The molecule has 3 aromatic rings. The summed E-state index contributed by atoms with van der Waals surface area (Å²) in [5, 5.41) is 23.1. The lowest BCUT2D eigenvalue weighted by molar-refractivity contribution is -0.128. The summed E-state index contributed by atoms with van der Waals surface area (Å²) in [6, 6.07) is 0. The molecule has 4 aliphatic rings. The number of nitrogens with one attached hydrogen (secondary N) is 4. The fourth-order valence-electron chi connectivity index (χ4n) is 8.63. The number of aliphatic hydroxyl groups is 2. The summed E-state index contributed by atoms with van der Waals surface area (Å²) in [5.41, 5.74) is -4.52. The first-order valence-electron chi connectivity index (χ1n) is 23.6. The number of carbonyl (C=O) groups excluding carboxylic acids is 2. The third kappa shape index (κ3) is 14.6. The van der Waals surface area contributed by atoms with Gasteiger partial charge in [-0.3, -0.25) is 84.7 Å². The molecule has 432 valence electrons. The van der Waals surface area contributed by atoms with Gasteiger partial charge in [0, 0.05) is 79.8 Å². The van der Waals surface area contributed by atoms with Crippen LogP contribution in [0.5, 0.6) is 0 Å². The standard InChI is InChI=1S/C41H57N8O26P3/c1-19(35(53)42-5)10-46(18-51)31-7-25(29(71-31)16-67-77(62,63)73-24-8-33(69-27(24)14-50)48-12-21(3)37(55)44-40(48)58)74-78(64,65)68-17-30-26(9-34(72-30)49-13-22(4)38(56)45-41(49)59)75-76(60,61)66-15-28-23(52)6-32(70-28)47-11-20(2)36(54)43-39(47)57/h10-13,18,23-34,50,52H,6-9,14-17H2,1-5H3,(H,42,53)(H,60,61)(H,62,63)(H,64,65)(H,43,54,57)(H,44,55,58)(H,45,56,59)/b19-10-/t23-,24-,25-,26-,27?,28?,29?,30?,31-,32-,33-,34-/m1/s1. The van der Waals surface area contributed by atoms with E-state index in [-0.39, 0.29) is 41.5 Å². The van der Waals surface area contributed by atoms with Crippen molar-refractivity contribution in [3.8, 4) is 0 Å². The molecule has 0 bridgehead atoms. The van der Waals surface area contributed by atoms with Gasteiger partial charge in [0.25, 0.3) is 16.7 Å². The number of amides is 2. The Hall–Kier alpha value is -5.19. The van der Waals surface area contributed by atoms with Crippen molar-refractivity contribution in [2.75, 3.05) is 33.5 Å². The van der Waals surface area contributed by atoms with Crippen LogP contribution in [0.1, 0.15) is 68.0 Å². The average molecular weight is 1170 g/mol. The van der Waals surface area contributed by atoms with Gasteiger partial charge < -0.3 is 49.2 Å². The van der Waals surface area contributed by atoms with Crippen LogP contribution in [0.15, 0.2) is 59.1 Å². The molecule has 2 amide bonds. The van der Waals surface area contributed by atoms with Crippen LogP contribution in [0.3, 0.4) is 0 Å². The van der Waals surface area contributed by atoms with E-state index in [1.807, 2.05) is 0 Å². The second kappa shape index (κ2) is 24.7. The van der Waals surface area contributed by atoms with Crippen molar-refractivity contribution in [3.63, 3.8) is 0 Å². The minimum Gasteiger partial charge on any atom is -0.394 e. The first-order chi connectivity index (χ1) is 36.6. The number of aliphatic hydroxyl groups excluding tert-OH is 2. The molecule has 37 heteroatoms. The van der Waals surface area contributed by atoms with E-state index in [1.165, 1.54) is 47.1 Å². The quantitative estimate of drug-likeness (QED) is 0.0269. The van der Waals surface area contributed by atoms with Gasteiger partial charge in [-0.25, -0.2) is 28.1 Å². The van der Waals surface area contributed by atoms with Crippen molar-refractivity contribution < 1.29 is 94.3 Å². The smallest absolute Gasteiger partial charge is 0.394 e. The molecule has 0 spiro atoms. The molecule has 4 aliphatic heterocycles. The zero-order valence-electron chi connectivity index (χ0n) is 41.9. The molecule has 4 saturated heterocycles. The molecule has 0 saturated carbocycles. The number of carbonyl (C=O) groups is 2. The maximum atomic E-state index is 13.8. The summed E-state index contributed by atoms with van der Waals surface area (Å²) in [6.07, 6.45) is -13.9. The molecule has 7 unspecified atom stereocenters. The fraction of sp³-hybridized carbons (Fsp3) is 0.610.